The third-order valence-corrected chi connectivity index (χ3v) is 25.7. The summed E-state index contributed by atoms with van der Waals surface area (Å²) in [4.78, 5) is 6.57. The van der Waals surface area contributed by atoms with E-state index in [1.165, 1.54) is 131 Å². The molecule has 0 nitrogen and oxygen atoms in total. The fourth-order valence-corrected chi connectivity index (χ4v) is 23.9. The van der Waals surface area contributed by atoms with Crippen LogP contribution in [0.4, 0.5) is 0 Å². The second kappa shape index (κ2) is 18.7. The largest absolute Gasteiger partial charge is 0.152 e. The van der Waals surface area contributed by atoms with Gasteiger partial charge in [-0.2, -0.15) is 24.3 Å². The smallest absolute Gasteiger partial charge is 0.0653 e. The molecule has 0 radical (unpaired) electrons. The maximum absolute atomic E-state index is 2.46. The monoisotopic (exact) mass is 930 g/mol. The third-order valence-electron chi connectivity index (χ3n) is 8.72. The molecule has 0 atom stereocenters. The number of thioether (sulfide) groups is 12. The molecule has 0 aromatic heterocycles. The van der Waals surface area contributed by atoms with Gasteiger partial charge in [-0.05, 0) is 79.5 Å². The van der Waals surface area contributed by atoms with Gasteiger partial charge in [0.25, 0.3) is 0 Å². The number of allylic oxidation sites excluding steroid dienone is 8. The fourth-order valence-electron chi connectivity index (χ4n) is 6.29. The summed E-state index contributed by atoms with van der Waals surface area (Å²) < 4.78 is 12.0. The van der Waals surface area contributed by atoms with E-state index in [0.717, 1.165) is 0 Å². The third kappa shape index (κ3) is 9.39. The van der Waals surface area contributed by atoms with Crippen molar-refractivity contribution in [1.82, 2.24) is 0 Å². The van der Waals surface area contributed by atoms with Crippen LogP contribution in [0.1, 0.15) is 62.5 Å². The van der Waals surface area contributed by atoms with Crippen molar-refractivity contribution in [3.63, 3.8) is 0 Å². The average molecular weight is 931 g/mol. The van der Waals surface area contributed by atoms with Crippen LogP contribution < -0.4 is 0 Å². The van der Waals surface area contributed by atoms with Crippen LogP contribution in [0.3, 0.4) is 0 Å². The van der Waals surface area contributed by atoms with Gasteiger partial charge < -0.3 is 0 Å². The Bertz CT molecular complexity index is 1680. The Morgan fingerprint density at radius 1 is 0.431 bits per heavy atom. The van der Waals surface area contributed by atoms with Crippen LogP contribution in [0, 0.1) is 0 Å². The summed E-state index contributed by atoms with van der Waals surface area (Å²) in [5, 5.41) is 0. The Balaban J connectivity index is 0.000000144. The SMILES string of the molecule is C(=C1SC2=C(SCCS2)S1)C(=C1SC2=C(CCCC2)S1)[c-]1cccc1.C(=C1SC2=C(SCCS2)S1)C(=C1SC2=C(CCCC2)S1)[c-]1cccc1.[Fe]. The van der Waals surface area contributed by atoms with Crippen molar-refractivity contribution in [3.05, 3.63) is 125 Å². The van der Waals surface area contributed by atoms with Gasteiger partial charge in [0.1, 0.15) is 0 Å². The van der Waals surface area contributed by atoms with Crippen molar-refractivity contribution < 1.29 is 17.1 Å². The first-order chi connectivity index (χ1) is 24.7. The number of hydrogen-bond donors (Lipinski definition) is 0. The first-order valence-corrected chi connectivity index (χ1v) is 27.4. The maximum atomic E-state index is 2.46. The molecule has 0 unspecified atom stereocenters. The van der Waals surface area contributed by atoms with E-state index < -0.39 is 0 Å². The first-order valence-electron chi connectivity index (χ1n) is 17.0. The molecule has 0 spiro atoms. The zero-order chi connectivity index (χ0) is 33.3. The maximum Gasteiger partial charge on any atom is 0.0653 e. The number of rotatable bonds is 4. The predicted octanol–water partition coefficient (Wildman–Crippen LogP) is 16.5. The van der Waals surface area contributed by atoms with Crippen molar-refractivity contribution in [2.75, 3.05) is 23.0 Å². The molecule has 0 N–H and O–H groups in total. The van der Waals surface area contributed by atoms with Crippen molar-refractivity contribution >= 4 is 152 Å². The molecular weight excluding hydrogens is 897 g/mol. The molecule has 2 aromatic rings. The average Bonchev–Trinajstić information content (AvgIpc) is 4.00. The summed E-state index contributed by atoms with van der Waals surface area (Å²) >= 11 is 24.3. The van der Waals surface area contributed by atoms with Gasteiger partial charge in [0.2, 0.25) is 0 Å². The minimum absolute atomic E-state index is 0. The van der Waals surface area contributed by atoms with Crippen LogP contribution >= 0.6 is 141 Å². The molecule has 51 heavy (non-hydrogen) atoms. The molecular formula is C38H34FeS12-2. The topological polar surface area (TPSA) is 0 Å². The summed E-state index contributed by atoms with van der Waals surface area (Å²) in [6.45, 7) is 0. The summed E-state index contributed by atoms with van der Waals surface area (Å²) in [5.41, 5.74) is 5.60. The first kappa shape index (κ1) is 39.2. The van der Waals surface area contributed by atoms with Crippen molar-refractivity contribution in [2.45, 2.75) is 51.4 Å². The van der Waals surface area contributed by atoms with E-state index >= 15 is 0 Å². The van der Waals surface area contributed by atoms with Crippen LogP contribution in [0.2, 0.25) is 0 Å². The molecule has 0 saturated carbocycles. The van der Waals surface area contributed by atoms with Crippen molar-refractivity contribution in [1.29, 1.82) is 0 Å². The van der Waals surface area contributed by atoms with Gasteiger partial charge in [0.05, 0.1) is 16.9 Å². The van der Waals surface area contributed by atoms with Crippen LogP contribution in [0.5, 0.6) is 0 Å². The summed E-state index contributed by atoms with van der Waals surface area (Å²) in [7, 11) is 0. The Labute approximate surface area is 364 Å². The Morgan fingerprint density at radius 2 is 0.725 bits per heavy atom. The van der Waals surface area contributed by atoms with Crippen molar-refractivity contribution in [3.8, 4) is 0 Å². The van der Waals surface area contributed by atoms with E-state index in [1.807, 2.05) is 141 Å². The molecule has 0 amide bonds. The van der Waals surface area contributed by atoms with E-state index in [1.54, 1.807) is 19.6 Å². The van der Waals surface area contributed by atoms with Crippen LogP contribution in [-0.2, 0) is 17.1 Å². The summed E-state index contributed by atoms with van der Waals surface area (Å²) in [6, 6.07) is 17.7. The van der Waals surface area contributed by atoms with E-state index in [2.05, 4.69) is 60.7 Å². The molecule has 2 aromatic carbocycles. The summed E-state index contributed by atoms with van der Waals surface area (Å²) in [6.07, 6.45) is 15.5. The van der Waals surface area contributed by atoms with Crippen LogP contribution in [0.15, 0.2) is 114 Å². The predicted molar refractivity (Wildman–Crippen MR) is 250 cm³/mol. The standard InChI is InChI=1S/2C19H17S6.Fe/c2*1-2-6-12(5-1)13(17-22-14-7-3-4-8-15(14)23-17)11-16-24-18-19(25-16)21-10-9-20-18;/h2*1-2,5-6,11H,3-4,7-10H2;/q2*-1;. The number of hydrogen-bond acceptors (Lipinski definition) is 12. The molecule has 8 aliphatic rings. The van der Waals surface area contributed by atoms with Gasteiger partial charge in [-0.1, -0.05) is 81.5 Å². The van der Waals surface area contributed by atoms with E-state index in [9.17, 15) is 0 Å². The second-order valence-electron chi connectivity index (χ2n) is 12.1. The molecule has 10 rings (SSSR count). The van der Waals surface area contributed by atoms with E-state index in [4.69, 9.17) is 0 Å². The normalized spacial score (nSPS) is 22.7. The van der Waals surface area contributed by atoms with Gasteiger partial charge >= 0.3 is 0 Å². The molecule has 0 saturated heterocycles. The van der Waals surface area contributed by atoms with Gasteiger partial charge in [0, 0.05) is 48.6 Å². The van der Waals surface area contributed by atoms with Gasteiger partial charge in [-0.25, -0.2) is 0 Å². The molecule has 0 bridgehead atoms. The molecule has 2 aliphatic carbocycles. The van der Waals surface area contributed by atoms with Gasteiger partial charge in [-0.15, -0.1) is 118 Å². The van der Waals surface area contributed by atoms with Crippen molar-refractivity contribution in [2.24, 2.45) is 0 Å². The zero-order valence-electron chi connectivity index (χ0n) is 27.5. The minimum Gasteiger partial charge on any atom is -0.152 e. The molecule has 6 aliphatic heterocycles. The minimum atomic E-state index is 0. The molecule has 268 valence electrons. The van der Waals surface area contributed by atoms with Crippen LogP contribution in [0.25, 0.3) is 11.1 Å². The Kier molecular flexibility index (Phi) is 14.4. The zero-order valence-corrected chi connectivity index (χ0v) is 38.4. The molecule has 0 fully saturated rings. The van der Waals surface area contributed by atoms with E-state index in [-0.39, 0.29) is 17.1 Å². The quantitative estimate of drug-likeness (QED) is 0.212. The van der Waals surface area contributed by atoms with Crippen LogP contribution in [-0.4, -0.2) is 23.0 Å². The Hall–Kier alpha value is 1.34. The van der Waals surface area contributed by atoms with Gasteiger partial charge in [0.15, 0.2) is 0 Å². The Morgan fingerprint density at radius 3 is 1.02 bits per heavy atom. The molecule has 6 heterocycles. The molecule has 13 heteroatoms. The van der Waals surface area contributed by atoms with Gasteiger partial charge in [-0.3, -0.25) is 0 Å². The fraction of sp³-hybridized carbons (Fsp3) is 0.316. The van der Waals surface area contributed by atoms with E-state index in [0.29, 0.717) is 0 Å². The second-order valence-corrected chi connectivity index (χ2v) is 27.3. The summed E-state index contributed by atoms with van der Waals surface area (Å²) in [5.74, 6) is 5.01.